The molecule has 20 heavy (non-hydrogen) atoms. The molecule has 1 N–H and O–H groups in total. The first kappa shape index (κ1) is 13.0. The largest absolute Gasteiger partial charge is 0.480 e. The zero-order valence-corrected chi connectivity index (χ0v) is 11.3. The molecule has 2 aliphatic rings. The van der Waals surface area contributed by atoms with Crippen LogP contribution in [-0.2, 0) is 26.0 Å². The average Bonchev–Trinajstić information content (AvgIpc) is 2.87. The van der Waals surface area contributed by atoms with Crippen LogP contribution < -0.4 is 0 Å². The van der Waals surface area contributed by atoms with Crippen LogP contribution in [-0.4, -0.2) is 61.5 Å². The van der Waals surface area contributed by atoms with Gasteiger partial charge in [0, 0.05) is 6.20 Å². The first-order valence-corrected chi connectivity index (χ1v) is 7.45. The topological polar surface area (TPSA) is 122 Å². The highest BCUT2D eigenvalue weighted by atomic mass is 32.2. The van der Waals surface area contributed by atoms with Gasteiger partial charge in [0.25, 0.3) is 0 Å². The number of carboxylic acids is 1. The Morgan fingerprint density at radius 1 is 1.60 bits per heavy atom. The third-order valence-corrected chi connectivity index (χ3v) is 6.76. The summed E-state index contributed by atoms with van der Waals surface area (Å²) in [6, 6.07) is -1.40. The molecule has 108 valence electrons. The van der Waals surface area contributed by atoms with Crippen LogP contribution in [0.3, 0.4) is 0 Å². The van der Waals surface area contributed by atoms with Crippen molar-refractivity contribution >= 4 is 21.7 Å². The predicted molar refractivity (Wildman–Crippen MR) is 64.0 cm³/mol. The van der Waals surface area contributed by atoms with Gasteiger partial charge in [0.2, 0.25) is 5.91 Å². The highest BCUT2D eigenvalue weighted by Crippen LogP contribution is 2.46. The van der Waals surface area contributed by atoms with Crippen LogP contribution in [0.25, 0.3) is 0 Å². The number of β-lactam (4-membered cyclic amide) rings is 1. The fourth-order valence-electron chi connectivity index (χ4n) is 2.93. The molecule has 9 nitrogen and oxygen atoms in total. The molecule has 0 aliphatic carbocycles. The van der Waals surface area contributed by atoms with Gasteiger partial charge >= 0.3 is 5.97 Å². The average molecular weight is 300 g/mol. The van der Waals surface area contributed by atoms with Crippen molar-refractivity contribution in [2.45, 2.75) is 36.1 Å². The molecule has 3 heterocycles. The lowest BCUT2D eigenvalue weighted by Gasteiger charge is -2.35. The summed E-state index contributed by atoms with van der Waals surface area (Å²) in [6.45, 7) is 1.18. The van der Waals surface area contributed by atoms with E-state index in [0.29, 0.717) is 0 Å². The van der Waals surface area contributed by atoms with E-state index in [1.54, 1.807) is 0 Å². The fourth-order valence-corrected chi connectivity index (χ4v) is 5.29. The van der Waals surface area contributed by atoms with E-state index in [-0.39, 0.29) is 13.0 Å². The number of nitrogens with zero attached hydrogens (tertiary/aromatic N) is 4. The molecule has 0 aromatic carbocycles. The van der Waals surface area contributed by atoms with Crippen LogP contribution in [0, 0.1) is 0 Å². The Hall–Kier alpha value is -1.97. The summed E-state index contributed by atoms with van der Waals surface area (Å²) in [7, 11) is -3.80. The van der Waals surface area contributed by atoms with Gasteiger partial charge in [-0.25, -0.2) is 13.2 Å². The number of sulfone groups is 1. The van der Waals surface area contributed by atoms with Crippen molar-refractivity contribution < 1.29 is 23.1 Å². The maximum Gasteiger partial charge on any atom is 0.328 e. The number of aliphatic carboxylic acids is 1. The molecule has 0 spiro atoms. The summed E-state index contributed by atoms with van der Waals surface area (Å²) in [6.07, 6.45) is 2.68. The van der Waals surface area contributed by atoms with Crippen molar-refractivity contribution in [3.63, 3.8) is 0 Å². The molecule has 2 fully saturated rings. The lowest BCUT2D eigenvalue weighted by atomic mass is 9.96. The smallest absolute Gasteiger partial charge is 0.328 e. The highest BCUT2D eigenvalue weighted by molar-refractivity contribution is 7.93. The van der Waals surface area contributed by atoms with E-state index in [1.165, 1.54) is 24.0 Å². The van der Waals surface area contributed by atoms with Gasteiger partial charge in [0.05, 0.1) is 19.2 Å². The summed E-state index contributed by atoms with van der Waals surface area (Å²) in [4.78, 5) is 24.0. The molecule has 2 saturated heterocycles. The van der Waals surface area contributed by atoms with Crippen LogP contribution in [0.5, 0.6) is 0 Å². The van der Waals surface area contributed by atoms with Crippen molar-refractivity contribution in [1.82, 2.24) is 19.9 Å². The van der Waals surface area contributed by atoms with E-state index in [4.69, 9.17) is 0 Å². The van der Waals surface area contributed by atoms with Gasteiger partial charge in [-0.05, 0) is 6.92 Å². The van der Waals surface area contributed by atoms with Crippen molar-refractivity contribution in [2.75, 3.05) is 0 Å². The lowest BCUT2D eigenvalue weighted by Crippen LogP contribution is -2.58. The molecular weight excluding hydrogens is 288 g/mol. The van der Waals surface area contributed by atoms with E-state index < -0.39 is 37.9 Å². The van der Waals surface area contributed by atoms with E-state index in [9.17, 15) is 23.1 Å². The Labute approximate surface area is 114 Å². The summed E-state index contributed by atoms with van der Waals surface area (Å²) in [5.41, 5.74) is 0. The number of rotatable bonds is 3. The number of fused-ring (bicyclic) bond motifs is 1. The van der Waals surface area contributed by atoms with Crippen LogP contribution in [0.2, 0.25) is 0 Å². The van der Waals surface area contributed by atoms with Crippen molar-refractivity contribution in [2.24, 2.45) is 0 Å². The molecular formula is C10H12N4O5S. The van der Waals surface area contributed by atoms with Gasteiger partial charge in [-0.3, -0.25) is 9.48 Å². The normalized spacial score (nSPS) is 34.6. The fraction of sp³-hybridized carbons (Fsp3) is 0.600. The third-order valence-electron chi connectivity index (χ3n) is 3.99. The Kier molecular flexibility index (Phi) is 2.46. The first-order valence-electron chi connectivity index (χ1n) is 5.90. The minimum absolute atomic E-state index is 0.154. The molecule has 0 unspecified atom stereocenters. The van der Waals surface area contributed by atoms with Crippen LogP contribution in [0.1, 0.15) is 13.3 Å². The predicted octanol–water partition coefficient (Wildman–Crippen LogP) is -1.52. The van der Waals surface area contributed by atoms with E-state index in [2.05, 4.69) is 10.3 Å². The van der Waals surface area contributed by atoms with Crippen molar-refractivity contribution in [3.8, 4) is 0 Å². The quantitative estimate of drug-likeness (QED) is 0.672. The SMILES string of the molecule is C[C@]1(Cn2ccnn2)[C@H](C(=O)O)N2C(=O)C[C@@H]2S1(=O)=O. The van der Waals surface area contributed by atoms with Gasteiger partial charge in [-0.15, -0.1) is 5.10 Å². The number of hydrogen-bond acceptors (Lipinski definition) is 6. The second-order valence-corrected chi connectivity index (χ2v) is 7.73. The summed E-state index contributed by atoms with van der Waals surface area (Å²) < 4.78 is 24.7. The van der Waals surface area contributed by atoms with Crippen molar-refractivity contribution in [1.29, 1.82) is 0 Å². The molecule has 1 aromatic rings. The molecule has 10 heteroatoms. The molecule has 3 atom stereocenters. The lowest BCUT2D eigenvalue weighted by molar-refractivity contribution is -0.157. The zero-order chi connectivity index (χ0) is 14.7. The van der Waals surface area contributed by atoms with Crippen LogP contribution in [0.15, 0.2) is 12.4 Å². The monoisotopic (exact) mass is 300 g/mol. The maximum atomic E-state index is 12.5. The Morgan fingerprint density at radius 3 is 2.80 bits per heavy atom. The Morgan fingerprint density at radius 2 is 2.30 bits per heavy atom. The minimum atomic E-state index is -3.80. The number of carbonyl (C=O) groups is 2. The molecule has 0 radical (unpaired) electrons. The second-order valence-electron chi connectivity index (χ2n) is 5.16. The van der Waals surface area contributed by atoms with E-state index in [1.807, 2.05) is 0 Å². The number of carboxylic acid groups (broad SMARTS) is 1. The number of aromatic nitrogens is 3. The zero-order valence-electron chi connectivity index (χ0n) is 10.5. The molecule has 1 aromatic heterocycles. The second kappa shape index (κ2) is 3.78. The minimum Gasteiger partial charge on any atom is -0.480 e. The summed E-state index contributed by atoms with van der Waals surface area (Å²) >= 11 is 0. The summed E-state index contributed by atoms with van der Waals surface area (Å²) in [5.74, 6) is -1.78. The third kappa shape index (κ3) is 1.39. The molecule has 0 saturated carbocycles. The standard InChI is InChI=1S/C10H12N4O5S/c1-10(5-13-3-2-11-12-13)8(9(16)17)14-6(15)4-7(14)20(10,18)19/h2-3,7-8H,4-5H2,1H3,(H,16,17)/t7-,8-,10-/m0/s1. The van der Waals surface area contributed by atoms with E-state index in [0.717, 1.165) is 4.90 Å². The van der Waals surface area contributed by atoms with Gasteiger partial charge in [0.15, 0.2) is 15.9 Å². The Bertz CT molecular complexity index is 685. The van der Waals surface area contributed by atoms with E-state index >= 15 is 0 Å². The van der Waals surface area contributed by atoms with Crippen LogP contribution in [0.4, 0.5) is 0 Å². The van der Waals surface area contributed by atoms with Gasteiger partial charge in [0.1, 0.15) is 10.1 Å². The maximum absolute atomic E-state index is 12.5. The Balaban J connectivity index is 2.10. The molecule has 0 bridgehead atoms. The summed E-state index contributed by atoms with van der Waals surface area (Å²) in [5, 5.41) is 15.6. The van der Waals surface area contributed by atoms with Gasteiger partial charge < -0.3 is 10.0 Å². The first-order chi connectivity index (χ1) is 9.29. The number of hydrogen-bond donors (Lipinski definition) is 1. The van der Waals surface area contributed by atoms with Gasteiger partial charge in [-0.1, -0.05) is 5.21 Å². The van der Waals surface area contributed by atoms with Crippen molar-refractivity contribution in [3.05, 3.63) is 12.4 Å². The molecule has 2 aliphatic heterocycles. The molecule has 1 amide bonds. The number of carbonyl (C=O) groups excluding carboxylic acids is 1. The molecule has 3 rings (SSSR count). The highest BCUT2D eigenvalue weighted by Gasteiger charge is 2.70. The van der Waals surface area contributed by atoms with Gasteiger partial charge in [-0.2, -0.15) is 0 Å². The number of amides is 1. The van der Waals surface area contributed by atoms with Crippen LogP contribution >= 0.6 is 0 Å².